The molecule has 2 aromatic rings. The van der Waals surface area contributed by atoms with Gasteiger partial charge in [0, 0.05) is 30.9 Å². The van der Waals surface area contributed by atoms with Gasteiger partial charge in [-0.1, -0.05) is 0 Å². The van der Waals surface area contributed by atoms with Crippen LogP contribution in [0.2, 0.25) is 0 Å². The zero-order valence-corrected chi connectivity index (χ0v) is 15.1. The summed E-state index contributed by atoms with van der Waals surface area (Å²) < 4.78 is 7.90. The smallest absolute Gasteiger partial charge is 0.272 e. The second-order valence-corrected chi connectivity index (χ2v) is 7.80. The molecule has 25 heavy (non-hydrogen) atoms. The Morgan fingerprint density at radius 3 is 2.88 bits per heavy atom. The van der Waals surface area contributed by atoms with Crippen LogP contribution in [0.3, 0.4) is 0 Å². The molecule has 2 aromatic heterocycles. The van der Waals surface area contributed by atoms with Crippen molar-refractivity contribution in [2.24, 2.45) is 5.41 Å². The van der Waals surface area contributed by atoms with Crippen molar-refractivity contribution in [2.75, 3.05) is 18.0 Å². The summed E-state index contributed by atoms with van der Waals surface area (Å²) in [5.41, 5.74) is 1.93. The fourth-order valence-electron chi connectivity index (χ4n) is 4.15. The average Bonchev–Trinajstić information content (AvgIpc) is 3.28. The first kappa shape index (κ1) is 16.4. The van der Waals surface area contributed by atoms with Crippen LogP contribution in [0.5, 0.6) is 0 Å². The maximum atomic E-state index is 12.1. The maximum absolute atomic E-state index is 12.1. The van der Waals surface area contributed by atoms with Gasteiger partial charge in [-0.25, -0.2) is 9.97 Å². The molecule has 7 nitrogen and oxygen atoms in total. The van der Waals surface area contributed by atoms with Gasteiger partial charge in [0.1, 0.15) is 12.1 Å². The van der Waals surface area contributed by atoms with E-state index in [4.69, 9.17) is 0 Å². The predicted octanol–water partition coefficient (Wildman–Crippen LogP) is 2.21. The van der Waals surface area contributed by atoms with E-state index in [9.17, 15) is 4.79 Å². The second kappa shape index (κ2) is 6.67. The Kier molecular flexibility index (Phi) is 4.37. The van der Waals surface area contributed by atoms with Crippen LogP contribution >= 0.6 is 11.7 Å². The molecule has 1 spiro atoms. The van der Waals surface area contributed by atoms with Crippen LogP contribution in [0.15, 0.2) is 18.7 Å². The van der Waals surface area contributed by atoms with Crippen molar-refractivity contribution in [1.29, 1.82) is 0 Å². The van der Waals surface area contributed by atoms with E-state index in [2.05, 4.69) is 35.9 Å². The summed E-state index contributed by atoms with van der Waals surface area (Å²) in [4.78, 5) is 23.1. The molecule has 1 saturated carbocycles. The summed E-state index contributed by atoms with van der Waals surface area (Å²) in [5, 5.41) is 3.11. The number of amides is 1. The highest BCUT2D eigenvalue weighted by Crippen LogP contribution is 2.45. The maximum Gasteiger partial charge on any atom is 0.272 e. The van der Waals surface area contributed by atoms with E-state index in [1.165, 1.54) is 12.6 Å². The van der Waals surface area contributed by atoms with Crippen molar-refractivity contribution in [2.45, 2.75) is 45.1 Å². The number of nitrogens with one attached hydrogen (secondary N) is 1. The molecule has 2 fully saturated rings. The molecular formula is C17H22N6OS. The first-order valence-corrected chi connectivity index (χ1v) is 9.48. The van der Waals surface area contributed by atoms with Crippen molar-refractivity contribution in [3.8, 4) is 0 Å². The van der Waals surface area contributed by atoms with E-state index in [0.717, 1.165) is 61.9 Å². The van der Waals surface area contributed by atoms with Crippen LogP contribution < -0.4 is 10.2 Å². The van der Waals surface area contributed by atoms with Gasteiger partial charge in [-0.3, -0.25) is 4.79 Å². The van der Waals surface area contributed by atoms with Crippen molar-refractivity contribution < 1.29 is 4.79 Å². The summed E-state index contributed by atoms with van der Waals surface area (Å²) >= 11 is 1.07. The van der Waals surface area contributed by atoms with Gasteiger partial charge < -0.3 is 10.2 Å². The van der Waals surface area contributed by atoms with E-state index in [-0.39, 0.29) is 11.9 Å². The van der Waals surface area contributed by atoms with E-state index < -0.39 is 0 Å². The SMILES string of the molecule is Cc1cncnc1N1CCC2(CCC(NC(=O)c3cnsn3)CC2)C1. The lowest BCUT2D eigenvalue weighted by atomic mass is 9.72. The lowest BCUT2D eigenvalue weighted by molar-refractivity contribution is 0.0900. The van der Waals surface area contributed by atoms with Gasteiger partial charge in [-0.15, -0.1) is 0 Å². The highest BCUT2D eigenvalue weighted by Gasteiger charge is 2.41. The zero-order valence-electron chi connectivity index (χ0n) is 14.3. The molecule has 2 aliphatic rings. The molecule has 3 heterocycles. The minimum atomic E-state index is -0.0978. The number of aryl methyl sites for hydroxylation is 1. The molecule has 0 atom stereocenters. The second-order valence-electron chi connectivity index (χ2n) is 7.24. The quantitative estimate of drug-likeness (QED) is 0.906. The molecule has 1 saturated heterocycles. The normalized spacial score (nSPS) is 26.1. The minimum Gasteiger partial charge on any atom is -0.356 e. The van der Waals surface area contributed by atoms with Crippen molar-refractivity contribution in [1.82, 2.24) is 24.0 Å². The lowest BCUT2D eigenvalue weighted by Gasteiger charge is -2.37. The number of hydrogen-bond donors (Lipinski definition) is 1. The molecule has 1 amide bonds. The van der Waals surface area contributed by atoms with Gasteiger partial charge in [-0.05, 0) is 44.4 Å². The van der Waals surface area contributed by atoms with E-state index in [1.54, 1.807) is 6.33 Å². The largest absolute Gasteiger partial charge is 0.356 e. The van der Waals surface area contributed by atoms with Crippen LogP contribution in [0, 0.1) is 12.3 Å². The zero-order chi connectivity index (χ0) is 17.3. The molecule has 1 aliphatic carbocycles. The van der Waals surface area contributed by atoms with E-state index in [1.807, 2.05) is 6.20 Å². The molecule has 1 N–H and O–H groups in total. The summed E-state index contributed by atoms with van der Waals surface area (Å²) in [6.07, 6.45) is 10.6. The third-order valence-electron chi connectivity index (χ3n) is 5.58. The third kappa shape index (κ3) is 3.35. The standard InChI is InChI=1S/C17H22N6OS/c1-12-8-18-11-19-15(12)23-7-6-17(10-23)4-2-13(3-5-17)21-16(24)14-9-20-25-22-14/h8-9,11,13H,2-7,10H2,1H3,(H,21,24). The van der Waals surface area contributed by atoms with Crippen LogP contribution in [0.25, 0.3) is 0 Å². The van der Waals surface area contributed by atoms with Crippen LogP contribution in [0.1, 0.15) is 48.2 Å². The molecule has 0 unspecified atom stereocenters. The monoisotopic (exact) mass is 358 g/mol. The Morgan fingerprint density at radius 1 is 1.32 bits per heavy atom. The predicted molar refractivity (Wildman–Crippen MR) is 95.7 cm³/mol. The van der Waals surface area contributed by atoms with Crippen molar-refractivity contribution >= 4 is 23.5 Å². The molecule has 0 aromatic carbocycles. The Morgan fingerprint density at radius 2 is 2.16 bits per heavy atom. The molecule has 4 rings (SSSR count). The molecular weight excluding hydrogens is 336 g/mol. The molecule has 0 bridgehead atoms. The van der Waals surface area contributed by atoms with Gasteiger partial charge in [0.25, 0.3) is 5.91 Å². The lowest BCUT2D eigenvalue weighted by Crippen LogP contribution is -2.41. The van der Waals surface area contributed by atoms with E-state index in [0.29, 0.717) is 11.1 Å². The number of anilines is 1. The molecule has 8 heteroatoms. The number of nitrogens with zero attached hydrogens (tertiary/aromatic N) is 5. The van der Waals surface area contributed by atoms with Crippen molar-refractivity contribution in [3.05, 3.63) is 30.0 Å². The summed E-state index contributed by atoms with van der Waals surface area (Å²) in [7, 11) is 0. The summed E-state index contributed by atoms with van der Waals surface area (Å²) in [6, 6.07) is 0.245. The first-order chi connectivity index (χ1) is 12.2. The van der Waals surface area contributed by atoms with Gasteiger partial charge in [0.2, 0.25) is 0 Å². The van der Waals surface area contributed by atoms with Crippen LogP contribution in [0.4, 0.5) is 5.82 Å². The fraction of sp³-hybridized carbons (Fsp3) is 0.588. The van der Waals surface area contributed by atoms with Gasteiger partial charge in [-0.2, -0.15) is 8.75 Å². The van der Waals surface area contributed by atoms with Crippen molar-refractivity contribution in [3.63, 3.8) is 0 Å². The number of carbonyl (C=O) groups excluding carboxylic acids is 1. The Hall–Kier alpha value is -2.09. The molecule has 1 aliphatic heterocycles. The number of rotatable bonds is 3. The third-order valence-corrected chi connectivity index (χ3v) is 6.06. The summed E-state index contributed by atoms with van der Waals surface area (Å²) in [6.45, 7) is 4.18. The topological polar surface area (TPSA) is 83.9 Å². The Labute approximate surface area is 151 Å². The Balaban J connectivity index is 1.34. The van der Waals surface area contributed by atoms with Gasteiger partial charge >= 0.3 is 0 Å². The average molecular weight is 358 g/mol. The van der Waals surface area contributed by atoms with Gasteiger partial charge in [0.15, 0.2) is 5.69 Å². The van der Waals surface area contributed by atoms with Crippen LogP contribution in [-0.4, -0.2) is 43.8 Å². The Bertz CT molecular complexity index is 741. The van der Waals surface area contributed by atoms with Crippen LogP contribution in [-0.2, 0) is 0 Å². The van der Waals surface area contributed by atoms with Gasteiger partial charge in [0.05, 0.1) is 17.9 Å². The number of aromatic nitrogens is 4. The fourth-order valence-corrected chi connectivity index (χ4v) is 4.56. The highest BCUT2D eigenvalue weighted by molar-refractivity contribution is 6.99. The highest BCUT2D eigenvalue weighted by atomic mass is 32.1. The molecule has 0 radical (unpaired) electrons. The van der Waals surface area contributed by atoms with E-state index >= 15 is 0 Å². The summed E-state index contributed by atoms with van der Waals surface area (Å²) in [5.74, 6) is 0.970. The number of hydrogen-bond acceptors (Lipinski definition) is 7. The first-order valence-electron chi connectivity index (χ1n) is 8.75. The minimum absolute atomic E-state index is 0.0978. The number of carbonyl (C=O) groups is 1. The molecule has 132 valence electrons.